The highest BCUT2D eigenvalue weighted by Crippen LogP contribution is 2.23. The third kappa shape index (κ3) is 4.31. The van der Waals surface area contributed by atoms with Crippen LogP contribution in [-0.2, 0) is 6.54 Å². The first-order chi connectivity index (χ1) is 12.2. The Morgan fingerprint density at radius 3 is 2.92 bits per heavy atom. The van der Waals surface area contributed by atoms with E-state index in [1.54, 1.807) is 0 Å². The van der Waals surface area contributed by atoms with Crippen LogP contribution in [0.1, 0.15) is 37.9 Å². The summed E-state index contributed by atoms with van der Waals surface area (Å²) in [6.07, 6.45) is 5.37. The van der Waals surface area contributed by atoms with Crippen LogP contribution >= 0.6 is 0 Å². The molecular weight excluding hydrogens is 316 g/mol. The molecule has 1 aliphatic rings. The van der Waals surface area contributed by atoms with Crippen molar-refractivity contribution < 1.29 is 9.90 Å². The number of nitrogens with one attached hydrogen (secondary N) is 2. The quantitative estimate of drug-likeness (QED) is 0.730. The van der Waals surface area contributed by atoms with E-state index in [2.05, 4.69) is 20.2 Å². The second-order valence-electron chi connectivity index (χ2n) is 6.89. The fourth-order valence-corrected chi connectivity index (χ4v) is 3.77. The zero-order valence-corrected chi connectivity index (χ0v) is 14.9. The Labute approximate surface area is 148 Å². The van der Waals surface area contributed by atoms with E-state index in [9.17, 15) is 9.90 Å². The van der Waals surface area contributed by atoms with Gasteiger partial charge in [0.25, 0.3) is 0 Å². The number of aliphatic hydroxyl groups excluding tert-OH is 1. The van der Waals surface area contributed by atoms with Crippen molar-refractivity contribution in [2.24, 2.45) is 5.92 Å². The minimum Gasteiger partial charge on any atom is -0.396 e. The van der Waals surface area contributed by atoms with Crippen molar-refractivity contribution in [3.63, 3.8) is 0 Å². The fourth-order valence-electron chi connectivity index (χ4n) is 3.77. The van der Waals surface area contributed by atoms with Gasteiger partial charge in [0.15, 0.2) is 0 Å². The maximum atomic E-state index is 12.2. The predicted molar refractivity (Wildman–Crippen MR) is 98.5 cm³/mol. The SMILES string of the molecule is Cc1nc2ccccc2n1CCNC(=O)NC1CCCCCC1CO. The highest BCUT2D eigenvalue weighted by Gasteiger charge is 2.24. The normalized spacial score (nSPS) is 21.0. The summed E-state index contributed by atoms with van der Waals surface area (Å²) in [5.74, 6) is 1.13. The van der Waals surface area contributed by atoms with Gasteiger partial charge in [0.05, 0.1) is 11.0 Å². The molecule has 1 aromatic carbocycles. The molecule has 1 fully saturated rings. The molecule has 1 aromatic heterocycles. The lowest BCUT2D eigenvalue weighted by molar-refractivity contribution is 0.179. The molecule has 3 N–H and O–H groups in total. The van der Waals surface area contributed by atoms with E-state index >= 15 is 0 Å². The molecule has 136 valence electrons. The van der Waals surface area contributed by atoms with Crippen LogP contribution in [0.15, 0.2) is 24.3 Å². The van der Waals surface area contributed by atoms with Crippen LogP contribution in [0.4, 0.5) is 4.79 Å². The number of amides is 2. The van der Waals surface area contributed by atoms with Crippen molar-refractivity contribution in [2.75, 3.05) is 13.2 Å². The van der Waals surface area contributed by atoms with Crippen molar-refractivity contribution >= 4 is 17.1 Å². The van der Waals surface area contributed by atoms with E-state index in [1.807, 2.05) is 31.2 Å². The number of imidazole rings is 1. The lowest BCUT2D eigenvalue weighted by Crippen LogP contribution is -2.46. The number of carbonyl (C=O) groups excluding carboxylic acids is 1. The van der Waals surface area contributed by atoms with Crippen LogP contribution in [0.3, 0.4) is 0 Å². The van der Waals surface area contributed by atoms with Gasteiger partial charge in [-0.25, -0.2) is 9.78 Å². The third-order valence-corrected chi connectivity index (χ3v) is 5.18. The molecule has 25 heavy (non-hydrogen) atoms. The summed E-state index contributed by atoms with van der Waals surface area (Å²) in [5, 5.41) is 15.6. The van der Waals surface area contributed by atoms with Gasteiger partial charge in [-0.1, -0.05) is 31.4 Å². The van der Waals surface area contributed by atoms with Crippen molar-refractivity contribution in [3.8, 4) is 0 Å². The van der Waals surface area contributed by atoms with Crippen LogP contribution in [-0.4, -0.2) is 39.9 Å². The fraction of sp³-hybridized carbons (Fsp3) is 0.579. The summed E-state index contributed by atoms with van der Waals surface area (Å²) < 4.78 is 2.12. The van der Waals surface area contributed by atoms with Crippen molar-refractivity contribution in [1.29, 1.82) is 0 Å². The third-order valence-electron chi connectivity index (χ3n) is 5.18. The molecule has 0 spiro atoms. The van der Waals surface area contributed by atoms with E-state index in [0.29, 0.717) is 13.1 Å². The lowest BCUT2D eigenvalue weighted by atomic mass is 9.96. The summed E-state index contributed by atoms with van der Waals surface area (Å²) in [5.41, 5.74) is 2.07. The maximum absolute atomic E-state index is 12.2. The average molecular weight is 344 g/mol. The molecule has 0 radical (unpaired) electrons. The Morgan fingerprint density at radius 1 is 1.28 bits per heavy atom. The molecule has 1 aliphatic carbocycles. The molecule has 0 saturated heterocycles. The molecule has 6 nitrogen and oxygen atoms in total. The van der Waals surface area contributed by atoms with E-state index in [1.165, 1.54) is 6.42 Å². The van der Waals surface area contributed by atoms with Gasteiger partial charge in [0.1, 0.15) is 5.82 Å². The number of aromatic nitrogens is 2. The Hall–Kier alpha value is -2.08. The van der Waals surface area contributed by atoms with Gasteiger partial charge in [-0.3, -0.25) is 0 Å². The first-order valence-corrected chi connectivity index (χ1v) is 9.26. The highest BCUT2D eigenvalue weighted by molar-refractivity contribution is 5.76. The number of para-hydroxylation sites is 2. The Morgan fingerprint density at radius 2 is 2.08 bits per heavy atom. The zero-order valence-electron chi connectivity index (χ0n) is 14.9. The number of fused-ring (bicyclic) bond motifs is 1. The molecule has 0 aliphatic heterocycles. The van der Waals surface area contributed by atoms with Gasteiger partial charge >= 0.3 is 6.03 Å². The summed E-state index contributed by atoms with van der Waals surface area (Å²) in [4.78, 5) is 16.8. The number of carbonyl (C=O) groups is 1. The largest absolute Gasteiger partial charge is 0.396 e. The summed E-state index contributed by atoms with van der Waals surface area (Å²) in [6.45, 7) is 3.36. The number of aryl methyl sites for hydroxylation is 1. The van der Waals surface area contributed by atoms with Crippen LogP contribution in [0, 0.1) is 12.8 Å². The number of rotatable bonds is 5. The average Bonchev–Trinajstić information content (AvgIpc) is 2.78. The monoisotopic (exact) mass is 344 g/mol. The van der Waals surface area contributed by atoms with Crippen molar-refractivity contribution in [3.05, 3.63) is 30.1 Å². The standard InChI is InChI=1S/C19H28N4O2/c1-14-21-17-9-5-6-10-18(17)23(14)12-11-20-19(25)22-16-8-4-2-3-7-15(16)13-24/h5-6,9-10,15-16,24H,2-4,7-8,11-13H2,1H3,(H2,20,22,25). The number of hydrogen-bond acceptors (Lipinski definition) is 3. The maximum Gasteiger partial charge on any atom is 0.315 e. The van der Waals surface area contributed by atoms with Crippen LogP contribution in [0.25, 0.3) is 11.0 Å². The van der Waals surface area contributed by atoms with Gasteiger partial charge in [0, 0.05) is 31.7 Å². The smallest absolute Gasteiger partial charge is 0.315 e. The number of benzene rings is 1. The molecule has 2 aromatic rings. The molecule has 2 atom stereocenters. The first-order valence-electron chi connectivity index (χ1n) is 9.26. The van der Waals surface area contributed by atoms with Crippen molar-refractivity contribution in [1.82, 2.24) is 20.2 Å². The molecular formula is C19H28N4O2. The van der Waals surface area contributed by atoms with E-state index in [-0.39, 0.29) is 24.6 Å². The topological polar surface area (TPSA) is 79.2 Å². The molecule has 0 bridgehead atoms. The molecule has 6 heteroatoms. The molecule has 3 rings (SSSR count). The minimum absolute atomic E-state index is 0.0725. The Kier molecular flexibility index (Phi) is 5.91. The summed E-state index contributed by atoms with van der Waals surface area (Å²) in [7, 11) is 0. The zero-order chi connectivity index (χ0) is 17.6. The molecule has 2 amide bonds. The van der Waals surface area contributed by atoms with Crippen LogP contribution < -0.4 is 10.6 Å². The van der Waals surface area contributed by atoms with E-state index in [0.717, 1.165) is 42.5 Å². The molecule has 1 saturated carbocycles. The van der Waals surface area contributed by atoms with Crippen LogP contribution in [0.5, 0.6) is 0 Å². The lowest BCUT2D eigenvalue weighted by Gasteiger charge is -2.24. The summed E-state index contributed by atoms with van der Waals surface area (Å²) >= 11 is 0. The Bertz CT molecular complexity index is 713. The van der Waals surface area contributed by atoms with Gasteiger partial charge in [-0.2, -0.15) is 0 Å². The van der Waals surface area contributed by atoms with Crippen molar-refractivity contribution in [2.45, 2.75) is 51.6 Å². The van der Waals surface area contributed by atoms with Gasteiger partial charge in [0.2, 0.25) is 0 Å². The number of aliphatic hydroxyl groups is 1. The summed E-state index contributed by atoms with van der Waals surface area (Å²) in [6, 6.07) is 7.96. The van der Waals surface area contributed by atoms with Gasteiger partial charge < -0.3 is 20.3 Å². The van der Waals surface area contributed by atoms with Crippen LogP contribution in [0.2, 0.25) is 0 Å². The number of urea groups is 1. The second-order valence-corrected chi connectivity index (χ2v) is 6.89. The highest BCUT2D eigenvalue weighted by atomic mass is 16.3. The molecule has 2 unspecified atom stereocenters. The predicted octanol–water partition coefficient (Wildman–Crippen LogP) is 2.59. The van der Waals surface area contributed by atoms with E-state index in [4.69, 9.17) is 0 Å². The molecule has 1 heterocycles. The number of hydrogen-bond donors (Lipinski definition) is 3. The Balaban J connectivity index is 1.52. The first kappa shape index (κ1) is 17.7. The van der Waals surface area contributed by atoms with E-state index < -0.39 is 0 Å². The van der Waals surface area contributed by atoms with Gasteiger partial charge in [-0.15, -0.1) is 0 Å². The minimum atomic E-state index is -0.146. The number of nitrogens with zero attached hydrogens (tertiary/aromatic N) is 2. The second kappa shape index (κ2) is 8.34. The van der Waals surface area contributed by atoms with Gasteiger partial charge in [-0.05, 0) is 31.9 Å².